The van der Waals surface area contributed by atoms with Crippen molar-refractivity contribution in [2.24, 2.45) is 0 Å². The Morgan fingerprint density at radius 3 is 2.48 bits per heavy atom. The molecule has 0 spiro atoms. The number of thiophene rings is 1. The molecule has 0 aliphatic rings. The summed E-state index contributed by atoms with van der Waals surface area (Å²) in [6.07, 6.45) is 0. The topological polar surface area (TPSA) is 32.8 Å². The molecule has 2 aromatic rings. The zero-order chi connectivity index (χ0) is 16.8. The third kappa shape index (κ3) is 5.64. The van der Waals surface area contributed by atoms with E-state index < -0.39 is 0 Å². The van der Waals surface area contributed by atoms with Crippen LogP contribution in [-0.2, 0) is 17.9 Å². The molecule has 0 aliphatic heterocycles. The molecular weight excluding hydrogens is 376 g/mol. The van der Waals surface area contributed by atoms with Crippen LogP contribution in [0.2, 0.25) is 0 Å². The van der Waals surface area contributed by atoms with E-state index in [4.69, 9.17) is 4.74 Å². The summed E-state index contributed by atoms with van der Waals surface area (Å²) in [6.45, 7) is 1.77. The van der Waals surface area contributed by atoms with Gasteiger partial charge in [-0.05, 0) is 46.7 Å². The molecule has 0 atom stereocenters. The highest BCUT2D eigenvalue weighted by Gasteiger charge is 2.13. The number of methoxy groups -OCH3 is 1. The Bertz CT molecular complexity index is 642. The molecule has 0 saturated carbocycles. The summed E-state index contributed by atoms with van der Waals surface area (Å²) in [5.74, 6) is 0.958. The molecule has 4 nitrogen and oxygen atoms in total. The summed E-state index contributed by atoms with van der Waals surface area (Å²) in [4.78, 5) is 17.3. The van der Waals surface area contributed by atoms with Crippen LogP contribution in [0.25, 0.3) is 0 Å². The molecule has 0 saturated heterocycles. The molecule has 1 amide bonds. The van der Waals surface area contributed by atoms with Gasteiger partial charge in [0.15, 0.2) is 0 Å². The van der Waals surface area contributed by atoms with Crippen LogP contribution in [0.4, 0.5) is 0 Å². The van der Waals surface area contributed by atoms with Gasteiger partial charge in [-0.3, -0.25) is 9.69 Å². The summed E-state index contributed by atoms with van der Waals surface area (Å²) >= 11 is 5.09. The van der Waals surface area contributed by atoms with Crippen molar-refractivity contribution in [3.63, 3.8) is 0 Å². The predicted molar refractivity (Wildman–Crippen MR) is 97.8 cm³/mol. The number of likely N-dealkylation sites (N-methyl/N-ethyl adjacent to an activating group) is 2. The molecule has 6 heteroatoms. The molecule has 0 fully saturated rings. The zero-order valence-electron chi connectivity index (χ0n) is 13.6. The maximum atomic E-state index is 12.3. The standard InChI is InChI=1S/C17H21BrN2O2S/c1-19(9-13-4-6-15(22-3)7-5-13)11-17(21)20(2)10-16-8-14(18)12-23-16/h4-8,12H,9-11H2,1-3H3. The fraction of sp³-hybridized carbons (Fsp3) is 0.353. The number of nitrogens with zero attached hydrogens (tertiary/aromatic N) is 2. The predicted octanol–water partition coefficient (Wildman–Crippen LogP) is 3.61. The largest absolute Gasteiger partial charge is 0.497 e. The first kappa shape index (κ1) is 18.0. The highest BCUT2D eigenvalue weighted by molar-refractivity contribution is 9.10. The highest BCUT2D eigenvalue weighted by Crippen LogP contribution is 2.21. The summed E-state index contributed by atoms with van der Waals surface area (Å²) in [6, 6.07) is 9.96. The van der Waals surface area contributed by atoms with Gasteiger partial charge in [0.05, 0.1) is 20.2 Å². The van der Waals surface area contributed by atoms with Crippen molar-refractivity contribution >= 4 is 33.2 Å². The maximum absolute atomic E-state index is 12.3. The smallest absolute Gasteiger partial charge is 0.236 e. The van der Waals surface area contributed by atoms with Crippen molar-refractivity contribution in [2.45, 2.75) is 13.1 Å². The van der Waals surface area contributed by atoms with Crippen molar-refractivity contribution in [1.29, 1.82) is 0 Å². The number of ether oxygens (including phenoxy) is 1. The first-order chi connectivity index (χ1) is 11.0. The summed E-state index contributed by atoms with van der Waals surface area (Å²) in [5, 5.41) is 2.03. The molecule has 0 aliphatic carbocycles. The minimum Gasteiger partial charge on any atom is -0.497 e. The lowest BCUT2D eigenvalue weighted by molar-refractivity contribution is -0.131. The lowest BCUT2D eigenvalue weighted by atomic mass is 10.2. The van der Waals surface area contributed by atoms with Crippen LogP contribution in [0.1, 0.15) is 10.4 Å². The average Bonchev–Trinajstić information content (AvgIpc) is 2.93. The van der Waals surface area contributed by atoms with Crippen molar-refractivity contribution < 1.29 is 9.53 Å². The minimum atomic E-state index is 0.116. The lowest BCUT2D eigenvalue weighted by Crippen LogP contribution is -2.35. The van der Waals surface area contributed by atoms with Gasteiger partial charge in [0.2, 0.25) is 5.91 Å². The molecule has 1 heterocycles. The van der Waals surface area contributed by atoms with Gasteiger partial charge in [0, 0.05) is 28.3 Å². The van der Waals surface area contributed by atoms with E-state index in [1.54, 1.807) is 23.3 Å². The van der Waals surface area contributed by atoms with Gasteiger partial charge in [-0.15, -0.1) is 11.3 Å². The summed E-state index contributed by atoms with van der Waals surface area (Å²) in [5.41, 5.74) is 1.16. The fourth-order valence-electron chi connectivity index (χ4n) is 2.21. The third-order valence-corrected chi connectivity index (χ3v) is 5.14. The summed E-state index contributed by atoms with van der Waals surface area (Å²) < 4.78 is 6.22. The molecule has 0 bridgehead atoms. The van der Waals surface area contributed by atoms with Gasteiger partial charge in [0.25, 0.3) is 0 Å². The van der Waals surface area contributed by atoms with Crippen LogP contribution in [0.15, 0.2) is 40.2 Å². The second-order valence-corrected chi connectivity index (χ2v) is 7.41. The van der Waals surface area contributed by atoms with Crippen molar-refractivity contribution in [1.82, 2.24) is 9.80 Å². The van der Waals surface area contributed by atoms with E-state index in [1.165, 1.54) is 4.88 Å². The van der Waals surface area contributed by atoms with Crippen molar-refractivity contribution in [3.8, 4) is 5.75 Å². The molecule has 124 valence electrons. The quantitative estimate of drug-likeness (QED) is 0.716. The van der Waals surface area contributed by atoms with E-state index in [0.29, 0.717) is 13.1 Å². The van der Waals surface area contributed by atoms with Gasteiger partial charge in [-0.1, -0.05) is 12.1 Å². The Kier molecular flexibility index (Phi) is 6.62. The zero-order valence-corrected chi connectivity index (χ0v) is 16.0. The summed E-state index contributed by atoms with van der Waals surface area (Å²) in [7, 11) is 5.46. The van der Waals surface area contributed by atoms with E-state index in [2.05, 4.69) is 22.0 Å². The molecule has 0 N–H and O–H groups in total. The van der Waals surface area contributed by atoms with E-state index in [0.717, 1.165) is 22.3 Å². The van der Waals surface area contributed by atoms with E-state index >= 15 is 0 Å². The van der Waals surface area contributed by atoms with Gasteiger partial charge in [0.1, 0.15) is 5.75 Å². The monoisotopic (exact) mass is 396 g/mol. The van der Waals surface area contributed by atoms with Crippen LogP contribution in [0.3, 0.4) is 0 Å². The number of carbonyl (C=O) groups is 1. The molecular formula is C17H21BrN2O2S. The van der Waals surface area contributed by atoms with Crippen LogP contribution in [0.5, 0.6) is 5.75 Å². The normalized spacial score (nSPS) is 10.8. The first-order valence-corrected chi connectivity index (χ1v) is 8.93. The van der Waals surface area contributed by atoms with E-state index in [9.17, 15) is 4.79 Å². The number of rotatable bonds is 7. The Morgan fingerprint density at radius 2 is 1.91 bits per heavy atom. The van der Waals surface area contributed by atoms with Crippen LogP contribution in [-0.4, -0.2) is 43.5 Å². The second kappa shape index (κ2) is 8.47. The minimum absolute atomic E-state index is 0.116. The fourth-order valence-corrected chi connectivity index (χ4v) is 3.71. The van der Waals surface area contributed by atoms with Crippen LogP contribution in [0, 0.1) is 0 Å². The van der Waals surface area contributed by atoms with Gasteiger partial charge >= 0.3 is 0 Å². The van der Waals surface area contributed by atoms with Gasteiger partial charge in [-0.25, -0.2) is 0 Å². The molecule has 1 aromatic carbocycles. The van der Waals surface area contributed by atoms with Gasteiger partial charge < -0.3 is 9.64 Å². The molecule has 1 aromatic heterocycles. The number of carbonyl (C=O) groups excluding carboxylic acids is 1. The van der Waals surface area contributed by atoms with E-state index in [-0.39, 0.29) is 5.91 Å². The third-order valence-electron chi connectivity index (χ3n) is 3.46. The second-order valence-electron chi connectivity index (χ2n) is 5.50. The van der Waals surface area contributed by atoms with Crippen molar-refractivity contribution in [3.05, 3.63) is 50.6 Å². The number of amides is 1. The lowest BCUT2D eigenvalue weighted by Gasteiger charge is -2.21. The van der Waals surface area contributed by atoms with Crippen molar-refractivity contribution in [2.75, 3.05) is 27.7 Å². The van der Waals surface area contributed by atoms with E-state index in [1.807, 2.05) is 48.6 Å². The number of hydrogen-bond acceptors (Lipinski definition) is 4. The number of hydrogen-bond donors (Lipinski definition) is 0. The Hall–Kier alpha value is -1.37. The molecule has 0 radical (unpaired) electrons. The molecule has 23 heavy (non-hydrogen) atoms. The Morgan fingerprint density at radius 1 is 1.22 bits per heavy atom. The Balaban J connectivity index is 1.83. The van der Waals surface area contributed by atoms with Crippen LogP contribution >= 0.6 is 27.3 Å². The molecule has 2 rings (SSSR count). The average molecular weight is 397 g/mol. The SMILES string of the molecule is COc1ccc(CN(C)CC(=O)N(C)Cc2cc(Br)cs2)cc1. The first-order valence-electron chi connectivity index (χ1n) is 7.26. The number of halogens is 1. The maximum Gasteiger partial charge on any atom is 0.236 e. The van der Waals surface area contributed by atoms with Crippen LogP contribution < -0.4 is 4.74 Å². The molecule has 0 unspecified atom stereocenters. The number of benzene rings is 1. The van der Waals surface area contributed by atoms with Gasteiger partial charge in [-0.2, -0.15) is 0 Å². The Labute approximate surface area is 149 Å². The highest BCUT2D eigenvalue weighted by atomic mass is 79.9.